The predicted molar refractivity (Wildman–Crippen MR) is 101 cm³/mol. The van der Waals surface area contributed by atoms with Gasteiger partial charge in [0.1, 0.15) is 0 Å². The number of halogens is 5. The topological polar surface area (TPSA) is 92.9 Å². The summed E-state index contributed by atoms with van der Waals surface area (Å²) in [5.74, 6) is 3.79. The summed E-state index contributed by atoms with van der Waals surface area (Å²) < 4.78 is 56.4. The van der Waals surface area contributed by atoms with Crippen molar-refractivity contribution in [3.8, 4) is 11.8 Å². The summed E-state index contributed by atoms with van der Waals surface area (Å²) in [6, 6.07) is 1.28. The molecule has 4 rings (SSSR count). The highest BCUT2D eigenvalue weighted by atomic mass is 35.5. The molecule has 2 aromatic rings. The second-order valence-electron chi connectivity index (χ2n) is 7.06. The molecule has 156 valence electrons. The smallest absolute Gasteiger partial charge is 0.368 e. The quantitative estimate of drug-likeness (QED) is 0.491. The number of alkyl halides is 3. The summed E-state index contributed by atoms with van der Waals surface area (Å²) >= 11 is 6.24. The standard InChI is InChI=1S/C19H14ClF4N5O/c20-12-7-11-14(5-10(12)6-15-13(21)8-26-16(25)27-15)28-17(30)29-18(11,19(22,23)24)4-3-9-1-2-9/h5,7-9H,1-2,6H2,(H2,25,26,27)(H2,28,29,30)/t18-/m0/s1. The van der Waals surface area contributed by atoms with Crippen molar-refractivity contribution in [3.63, 3.8) is 0 Å². The van der Waals surface area contributed by atoms with Crippen LogP contribution in [0.3, 0.4) is 0 Å². The Balaban J connectivity index is 1.83. The Morgan fingerprint density at radius 1 is 1.33 bits per heavy atom. The molecule has 1 atom stereocenters. The summed E-state index contributed by atoms with van der Waals surface area (Å²) in [6.45, 7) is 0. The monoisotopic (exact) mass is 439 g/mol. The van der Waals surface area contributed by atoms with Crippen molar-refractivity contribution in [2.45, 2.75) is 31.0 Å². The minimum absolute atomic E-state index is 0.0647. The number of nitrogen functional groups attached to an aromatic ring is 1. The molecular weight excluding hydrogens is 426 g/mol. The van der Waals surface area contributed by atoms with E-state index >= 15 is 0 Å². The zero-order valence-electron chi connectivity index (χ0n) is 15.2. The number of carbonyl (C=O) groups is 1. The number of fused-ring (bicyclic) bond motifs is 1. The van der Waals surface area contributed by atoms with Crippen LogP contribution in [0, 0.1) is 23.6 Å². The number of benzene rings is 1. The van der Waals surface area contributed by atoms with E-state index in [4.69, 9.17) is 17.3 Å². The molecule has 0 unspecified atom stereocenters. The van der Waals surface area contributed by atoms with Crippen LogP contribution in [0.2, 0.25) is 5.02 Å². The number of nitrogens with two attached hydrogens (primary N) is 1. The Morgan fingerprint density at radius 3 is 2.73 bits per heavy atom. The molecule has 1 fully saturated rings. The molecule has 1 aliphatic heterocycles. The maximum atomic E-state index is 14.1. The van der Waals surface area contributed by atoms with Crippen molar-refractivity contribution in [2.75, 3.05) is 11.1 Å². The highest BCUT2D eigenvalue weighted by Crippen LogP contribution is 2.46. The van der Waals surface area contributed by atoms with Crippen LogP contribution in [0.1, 0.15) is 29.7 Å². The molecule has 4 N–H and O–H groups in total. The molecule has 0 spiro atoms. The van der Waals surface area contributed by atoms with Gasteiger partial charge < -0.3 is 16.4 Å². The van der Waals surface area contributed by atoms with Crippen LogP contribution in [-0.4, -0.2) is 22.2 Å². The molecule has 0 saturated heterocycles. The van der Waals surface area contributed by atoms with E-state index < -0.39 is 23.6 Å². The number of nitrogens with zero attached hydrogens (tertiary/aromatic N) is 2. The van der Waals surface area contributed by atoms with Crippen molar-refractivity contribution >= 4 is 29.3 Å². The van der Waals surface area contributed by atoms with E-state index in [1.165, 1.54) is 6.07 Å². The minimum atomic E-state index is -4.90. The van der Waals surface area contributed by atoms with Gasteiger partial charge in [-0.05, 0) is 30.5 Å². The zero-order chi connectivity index (χ0) is 21.7. The van der Waals surface area contributed by atoms with E-state index in [-0.39, 0.29) is 45.8 Å². The number of carbonyl (C=O) groups excluding carboxylic acids is 1. The van der Waals surface area contributed by atoms with Crippen molar-refractivity contribution in [2.24, 2.45) is 5.92 Å². The molecule has 1 saturated carbocycles. The SMILES string of the molecule is Nc1ncc(F)c(Cc2cc3c(cc2Cl)[C@@](C#CC2CC2)(C(F)(F)F)NC(=O)N3)n1. The van der Waals surface area contributed by atoms with Crippen LogP contribution in [0.5, 0.6) is 0 Å². The molecule has 1 aliphatic carbocycles. The van der Waals surface area contributed by atoms with E-state index in [0.29, 0.717) is 12.8 Å². The van der Waals surface area contributed by atoms with E-state index in [9.17, 15) is 22.4 Å². The van der Waals surface area contributed by atoms with Gasteiger partial charge in [-0.25, -0.2) is 19.2 Å². The molecule has 11 heteroatoms. The molecule has 0 radical (unpaired) electrons. The number of amides is 2. The zero-order valence-corrected chi connectivity index (χ0v) is 16.0. The second kappa shape index (κ2) is 7.02. The van der Waals surface area contributed by atoms with Gasteiger partial charge in [-0.15, -0.1) is 0 Å². The van der Waals surface area contributed by atoms with Crippen molar-refractivity contribution in [1.82, 2.24) is 15.3 Å². The van der Waals surface area contributed by atoms with Crippen LogP contribution in [-0.2, 0) is 12.0 Å². The van der Waals surface area contributed by atoms with Crippen LogP contribution >= 0.6 is 11.6 Å². The van der Waals surface area contributed by atoms with Gasteiger partial charge in [0.2, 0.25) is 11.5 Å². The first-order valence-corrected chi connectivity index (χ1v) is 9.25. The molecule has 0 bridgehead atoms. The van der Waals surface area contributed by atoms with Crippen molar-refractivity contribution in [3.05, 3.63) is 46.0 Å². The van der Waals surface area contributed by atoms with Gasteiger partial charge >= 0.3 is 12.2 Å². The van der Waals surface area contributed by atoms with Gasteiger partial charge in [-0.1, -0.05) is 23.4 Å². The molecular formula is C19H14ClF4N5O. The Bertz CT molecular complexity index is 1110. The Morgan fingerprint density at radius 2 is 2.07 bits per heavy atom. The summed E-state index contributed by atoms with van der Waals surface area (Å²) in [7, 11) is 0. The van der Waals surface area contributed by atoms with Crippen LogP contribution in [0.25, 0.3) is 0 Å². The average molecular weight is 440 g/mol. The molecule has 1 aromatic carbocycles. The molecule has 2 amide bonds. The fraction of sp³-hybridized carbons (Fsp3) is 0.316. The molecule has 2 aliphatic rings. The fourth-order valence-electron chi connectivity index (χ4n) is 3.11. The van der Waals surface area contributed by atoms with Crippen molar-refractivity contribution < 1.29 is 22.4 Å². The minimum Gasteiger partial charge on any atom is -0.368 e. The summed E-state index contributed by atoms with van der Waals surface area (Å²) in [5, 5.41) is 4.19. The van der Waals surface area contributed by atoms with E-state index in [1.54, 1.807) is 0 Å². The van der Waals surface area contributed by atoms with Crippen LogP contribution < -0.4 is 16.4 Å². The Kier molecular flexibility index (Phi) is 4.73. The highest BCUT2D eigenvalue weighted by molar-refractivity contribution is 6.31. The van der Waals surface area contributed by atoms with Gasteiger partial charge in [-0.3, -0.25) is 0 Å². The molecule has 30 heavy (non-hydrogen) atoms. The van der Waals surface area contributed by atoms with Gasteiger partial charge in [0.05, 0.1) is 11.9 Å². The third kappa shape index (κ3) is 3.61. The first-order chi connectivity index (χ1) is 14.1. The number of hydrogen-bond acceptors (Lipinski definition) is 4. The lowest BCUT2D eigenvalue weighted by molar-refractivity contribution is -0.178. The Labute approximate surface area is 173 Å². The summed E-state index contributed by atoms with van der Waals surface area (Å²) in [5.41, 5.74) is 2.28. The number of hydrogen-bond donors (Lipinski definition) is 3. The third-order valence-electron chi connectivity index (χ3n) is 4.80. The molecule has 1 aromatic heterocycles. The normalized spacial score (nSPS) is 20.5. The Hall–Kier alpha value is -3.06. The van der Waals surface area contributed by atoms with Gasteiger partial charge in [0.15, 0.2) is 5.82 Å². The van der Waals surface area contributed by atoms with Crippen molar-refractivity contribution in [1.29, 1.82) is 0 Å². The van der Waals surface area contributed by atoms with E-state index in [2.05, 4.69) is 27.1 Å². The lowest BCUT2D eigenvalue weighted by atomic mass is 9.85. The van der Waals surface area contributed by atoms with Crippen LogP contribution in [0.4, 0.5) is 34.0 Å². The number of rotatable bonds is 2. The second-order valence-corrected chi connectivity index (χ2v) is 7.47. The molecule has 6 nitrogen and oxygen atoms in total. The average Bonchev–Trinajstić information content (AvgIpc) is 3.47. The predicted octanol–water partition coefficient (Wildman–Crippen LogP) is 3.75. The fourth-order valence-corrected chi connectivity index (χ4v) is 3.34. The lowest BCUT2D eigenvalue weighted by Gasteiger charge is -2.37. The summed E-state index contributed by atoms with van der Waals surface area (Å²) in [6.07, 6.45) is -2.75. The first-order valence-electron chi connectivity index (χ1n) is 8.87. The van der Waals surface area contributed by atoms with Gasteiger partial charge in [-0.2, -0.15) is 13.2 Å². The maximum Gasteiger partial charge on any atom is 0.427 e. The number of anilines is 2. The largest absolute Gasteiger partial charge is 0.427 e. The van der Waals surface area contributed by atoms with Gasteiger partial charge in [0.25, 0.3) is 0 Å². The third-order valence-corrected chi connectivity index (χ3v) is 5.15. The van der Waals surface area contributed by atoms with E-state index in [1.807, 2.05) is 5.32 Å². The molecule has 2 heterocycles. The maximum absolute atomic E-state index is 14.1. The highest BCUT2D eigenvalue weighted by Gasteiger charge is 2.59. The lowest BCUT2D eigenvalue weighted by Crippen LogP contribution is -2.59. The number of urea groups is 1. The first kappa shape index (κ1) is 20.2. The van der Waals surface area contributed by atoms with Gasteiger partial charge in [0, 0.05) is 28.6 Å². The number of aromatic nitrogens is 2. The summed E-state index contributed by atoms with van der Waals surface area (Å²) in [4.78, 5) is 19.4. The number of nitrogens with one attached hydrogen (secondary N) is 2. The van der Waals surface area contributed by atoms with E-state index in [0.717, 1.165) is 12.3 Å². The van der Waals surface area contributed by atoms with Crippen LogP contribution in [0.15, 0.2) is 18.3 Å².